The van der Waals surface area contributed by atoms with Gasteiger partial charge in [-0.05, 0) is 6.42 Å². The summed E-state index contributed by atoms with van der Waals surface area (Å²) in [5.41, 5.74) is 0. The van der Waals surface area contributed by atoms with Gasteiger partial charge in [-0.25, -0.2) is 0 Å². The molecular formula is C8H13IO2. The van der Waals surface area contributed by atoms with Crippen LogP contribution in [-0.4, -0.2) is 27.8 Å². The van der Waals surface area contributed by atoms with E-state index in [0.29, 0.717) is 0 Å². The van der Waals surface area contributed by atoms with Crippen LogP contribution in [0.15, 0.2) is 12.7 Å². The SMILES string of the molecule is C=CC[C@@H]1O[C@@H](CI)C[C@H]1O. The highest BCUT2D eigenvalue weighted by Gasteiger charge is 2.31. The highest BCUT2D eigenvalue weighted by atomic mass is 127. The van der Waals surface area contributed by atoms with Gasteiger partial charge in [-0.3, -0.25) is 0 Å². The highest BCUT2D eigenvalue weighted by Crippen LogP contribution is 2.24. The minimum atomic E-state index is -0.284. The molecule has 2 nitrogen and oxygen atoms in total. The highest BCUT2D eigenvalue weighted by molar-refractivity contribution is 14.1. The summed E-state index contributed by atoms with van der Waals surface area (Å²) in [4.78, 5) is 0. The molecule has 1 N–H and O–H groups in total. The molecule has 1 aliphatic rings. The number of aliphatic hydroxyl groups is 1. The van der Waals surface area contributed by atoms with Crippen LogP contribution >= 0.6 is 22.6 Å². The molecule has 0 unspecified atom stereocenters. The van der Waals surface area contributed by atoms with Crippen molar-refractivity contribution in [3.8, 4) is 0 Å². The Morgan fingerprint density at radius 2 is 2.45 bits per heavy atom. The topological polar surface area (TPSA) is 29.5 Å². The van der Waals surface area contributed by atoms with Gasteiger partial charge in [-0.1, -0.05) is 28.7 Å². The fraction of sp³-hybridized carbons (Fsp3) is 0.750. The average molecular weight is 268 g/mol. The van der Waals surface area contributed by atoms with Crippen molar-refractivity contribution in [1.29, 1.82) is 0 Å². The molecule has 0 spiro atoms. The molecule has 3 heteroatoms. The summed E-state index contributed by atoms with van der Waals surface area (Å²) < 4.78 is 6.50. The van der Waals surface area contributed by atoms with Crippen LogP contribution in [0.4, 0.5) is 0 Å². The van der Waals surface area contributed by atoms with Gasteiger partial charge in [-0.2, -0.15) is 0 Å². The predicted molar refractivity (Wildman–Crippen MR) is 53.0 cm³/mol. The molecule has 0 bridgehead atoms. The summed E-state index contributed by atoms with van der Waals surface area (Å²) >= 11 is 2.28. The number of hydrogen-bond donors (Lipinski definition) is 1. The fourth-order valence-electron chi connectivity index (χ4n) is 1.29. The van der Waals surface area contributed by atoms with Crippen molar-refractivity contribution >= 4 is 22.6 Å². The third kappa shape index (κ3) is 2.42. The Balaban J connectivity index is 2.38. The second-order valence-electron chi connectivity index (χ2n) is 2.78. The lowest BCUT2D eigenvalue weighted by atomic mass is 10.1. The van der Waals surface area contributed by atoms with Crippen molar-refractivity contribution in [2.24, 2.45) is 0 Å². The number of alkyl halides is 1. The van der Waals surface area contributed by atoms with Gasteiger partial charge in [0, 0.05) is 10.8 Å². The maximum atomic E-state index is 9.45. The lowest BCUT2D eigenvalue weighted by Crippen LogP contribution is -2.19. The monoisotopic (exact) mass is 268 g/mol. The van der Waals surface area contributed by atoms with Crippen molar-refractivity contribution in [2.45, 2.75) is 31.2 Å². The molecule has 0 radical (unpaired) electrons. The largest absolute Gasteiger partial charge is 0.390 e. The van der Waals surface area contributed by atoms with Crippen LogP contribution in [0.1, 0.15) is 12.8 Å². The van der Waals surface area contributed by atoms with Gasteiger partial charge >= 0.3 is 0 Å². The molecule has 3 atom stereocenters. The maximum Gasteiger partial charge on any atom is 0.0873 e. The molecule has 64 valence electrons. The van der Waals surface area contributed by atoms with Crippen molar-refractivity contribution < 1.29 is 9.84 Å². The molecule has 0 aromatic rings. The first-order chi connectivity index (χ1) is 5.27. The lowest BCUT2D eigenvalue weighted by Gasteiger charge is -2.10. The summed E-state index contributed by atoms with van der Waals surface area (Å²) in [6, 6.07) is 0. The minimum Gasteiger partial charge on any atom is -0.390 e. The summed E-state index contributed by atoms with van der Waals surface area (Å²) in [6.07, 6.45) is 3.29. The maximum absolute atomic E-state index is 9.45. The number of aliphatic hydroxyl groups excluding tert-OH is 1. The molecule has 1 aliphatic heterocycles. The van der Waals surface area contributed by atoms with E-state index in [0.717, 1.165) is 17.3 Å². The van der Waals surface area contributed by atoms with E-state index in [9.17, 15) is 5.11 Å². The summed E-state index contributed by atoms with van der Waals surface area (Å²) in [5, 5.41) is 9.45. The van der Waals surface area contributed by atoms with Crippen LogP contribution in [0, 0.1) is 0 Å². The van der Waals surface area contributed by atoms with E-state index < -0.39 is 0 Å². The van der Waals surface area contributed by atoms with Gasteiger partial charge in [0.15, 0.2) is 0 Å². The average Bonchev–Trinajstić information content (AvgIpc) is 2.33. The Morgan fingerprint density at radius 3 is 2.91 bits per heavy atom. The van der Waals surface area contributed by atoms with E-state index in [1.165, 1.54) is 0 Å². The standard InChI is InChI=1S/C8H13IO2/c1-2-3-8-7(10)4-6(5-9)11-8/h2,6-8,10H,1,3-5H2/t6-,7-,8+/m1/s1. The van der Waals surface area contributed by atoms with Crippen molar-refractivity contribution in [3.63, 3.8) is 0 Å². The summed E-state index contributed by atoms with van der Waals surface area (Å²) in [6.45, 7) is 3.62. The first-order valence-electron chi connectivity index (χ1n) is 3.78. The van der Waals surface area contributed by atoms with E-state index in [-0.39, 0.29) is 18.3 Å². The first kappa shape index (κ1) is 9.48. The Bertz CT molecular complexity index is 138. The van der Waals surface area contributed by atoms with E-state index in [2.05, 4.69) is 29.2 Å². The van der Waals surface area contributed by atoms with Gasteiger partial charge in [0.25, 0.3) is 0 Å². The molecule has 1 saturated heterocycles. The molecule has 11 heavy (non-hydrogen) atoms. The van der Waals surface area contributed by atoms with Crippen LogP contribution in [-0.2, 0) is 4.74 Å². The second kappa shape index (κ2) is 4.42. The van der Waals surface area contributed by atoms with Crippen LogP contribution < -0.4 is 0 Å². The van der Waals surface area contributed by atoms with Gasteiger partial charge < -0.3 is 9.84 Å². The third-order valence-electron chi connectivity index (χ3n) is 1.87. The van der Waals surface area contributed by atoms with E-state index in [1.807, 2.05) is 0 Å². The number of hydrogen-bond acceptors (Lipinski definition) is 2. The molecule has 0 saturated carbocycles. The van der Waals surface area contributed by atoms with Crippen LogP contribution in [0.5, 0.6) is 0 Å². The smallest absolute Gasteiger partial charge is 0.0873 e. The zero-order chi connectivity index (χ0) is 8.27. The van der Waals surface area contributed by atoms with E-state index >= 15 is 0 Å². The molecule has 1 heterocycles. The van der Waals surface area contributed by atoms with Crippen LogP contribution in [0.25, 0.3) is 0 Å². The molecule has 1 rings (SSSR count). The second-order valence-corrected chi connectivity index (χ2v) is 3.66. The van der Waals surface area contributed by atoms with E-state index in [1.54, 1.807) is 6.08 Å². The Kier molecular flexibility index (Phi) is 3.81. The Labute approximate surface area is 80.8 Å². The van der Waals surface area contributed by atoms with Gasteiger partial charge in [0.2, 0.25) is 0 Å². The molecule has 1 fully saturated rings. The van der Waals surface area contributed by atoms with Gasteiger partial charge in [0.05, 0.1) is 18.3 Å². The summed E-state index contributed by atoms with van der Waals surface area (Å²) in [5.74, 6) is 0. The van der Waals surface area contributed by atoms with Gasteiger partial charge in [-0.15, -0.1) is 6.58 Å². The molecule has 0 amide bonds. The van der Waals surface area contributed by atoms with E-state index in [4.69, 9.17) is 4.74 Å². The minimum absolute atomic E-state index is 0.00716. The normalized spacial score (nSPS) is 37.5. The number of halogens is 1. The van der Waals surface area contributed by atoms with Crippen LogP contribution in [0.3, 0.4) is 0 Å². The van der Waals surface area contributed by atoms with Crippen molar-refractivity contribution in [2.75, 3.05) is 4.43 Å². The Morgan fingerprint density at radius 1 is 1.73 bits per heavy atom. The quantitative estimate of drug-likeness (QED) is 0.477. The Hall–Kier alpha value is 0.390. The van der Waals surface area contributed by atoms with Crippen molar-refractivity contribution in [1.82, 2.24) is 0 Å². The first-order valence-corrected chi connectivity index (χ1v) is 5.31. The number of ether oxygens (including phenoxy) is 1. The lowest BCUT2D eigenvalue weighted by molar-refractivity contribution is 0.0209. The fourth-order valence-corrected chi connectivity index (χ4v) is 1.86. The van der Waals surface area contributed by atoms with Gasteiger partial charge in [0.1, 0.15) is 0 Å². The van der Waals surface area contributed by atoms with Crippen molar-refractivity contribution in [3.05, 3.63) is 12.7 Å². The molecule has 0 aromatic carbocycles. The zero-order valence-corrected chi connectivity index (χ0v) is 8.53. The third-order valence-corrected chi connectivity index (χ3v) is 2.85. The molecular weight excluding hydrogens is 255 g/mol. The predicted octanol–water partition coefficient (Wildman–Crippen LogP) is 1.52. The number of rotatable bonds is 3. The molecule has 0 aliphatic carbocycles. The summed E-state index contributed by atoms with van der Waals surface area (Å²) in [7, 11) is 0. The molecule has 0 aromatic heterocycles. The van der Waals surface area contributed by atoms with Crippen LogP contribution in [0.2, 0.25) is 0 Å². The zero-order valence-electron chi connectivity index (χ0n) is 6.37.